The number of phenols is 1. The first-order valence-electron chi connectivity index (χ1n) is 7.02. The van der Waals surface area contributed by atoms with Gasteiger partial charge in [0.05, 0.1) is 5.69 Å². The van der Waals surface area contributed by atoms with E-state index in [9.17, 15) is 15.2 Å². The number of aromatic nitrogens is 1. The minimum Gasteiger partial charge on any atom is -0.507 e. The van der Waals surface area contributed by atoms with Crippen LogP contribution >= 0.6 is 39.1 Å². The van der Waals surface area contributed by atoms with E-state index in [1.165, 1.54) is 6.07 Å². The van der Waals surface area contributed by atoms with Crippen LogP contribution in [0.4, 0.5) is 0 Å². The Bertz CT molecular complexity index is 1090. The molecular weight excluding hydrogens is 427 g/mol. The van der Waals surface area contributed by atoms with Crippen LogP contribution in [0.25, 0.3) is 22.4 Å². The van der Waals surface area contributed by atoms with Gasteiger partial charge in [0.2, 0.25) is 0 Å². The van der Waals surface area contributed by atoms with Crippen molar-refractivity contribution in [2.24, 2.45) is 0 Å². The van der Waals surface area contributed by atoms with E-state index in [2.05, 4.69) is 20.9 Å². The smallest absolute Gasteiger partial charge is 0.266 e. The maximum atomic E-state index is 12.4. The fourth-order valence-corrected chi connectivity index (χ4v) is 3.21. The van der Waals surface area contributed by atoms with Crippen LogP contribution < -0.4 is 5.56 Å². The van der Waals surface area contributed by atoms with Crippen LogP contribution in [-0.4, -0.2) is 10.1 Å². The van der Waals surface area contributed by atoms with Crippen molar-refractivity contribution < 1.29 is 5.11 Å². The van der Waals surface area contributed by atoms with Crippen molar-refractivity contribution in [3.05, 3.63) is 72.9 Å². The van der Waals surface area contributed by atoms with E-state index < -0.39 is 5.56 Å². The van der Waals surface area contributed by atoms with Gasteiger partial charge in [0.15, 0.2) is 0 Å². The molecule has 0 bridgehead atoms. The first kappa shape index (κ1) is 17.6. The highest BCUT2D eigenvalue weighted by Crippen LogP contribution is 2.36. The Labute approximate surface area is 161 Å². The number of hydrogen-bond donors (Lipinski definition) is 2. The SMILES string of the molecule is N#Cc1c(-c2cc(Cl)ccc2Cl)cc(-c2cc(Br)ccc2O)[nH]c1=O. The van der Waals surface area contributed by atoms with Crippen LogP contribution in [0.3, 0.4) is 0 Å². The Balaban J connectivity index is 2.35. The molecule has 2 aromatic carbocycles. The number of nitrogens with zero attached hydrogens (tertiary/aromatic N) is 1. The summed E-state index contributed by atoms with van der Waals surface area (Å²) >= 11 is 15.6. The zero-order valence-corrected chi connectivity index (χ0v) is 15.6. The molecule has 1 heterocycles. The highest BCUT2D eigenvalue weighted by atomic mass is 79.9. The van der Waals surface area contributed by atoms with E-state index in [1.54, 1.807) is 36.4 Å². The number of aromatic amines is 1. The molecule has 3 rings (SSSR count). The minimum atomic E-state index is -0.578. The van der Waals surface area contributed by atoms with Gasteiger partial charge in [0, 0.05) is 31.2 Å². The van der Waals surface area contributed by atoms with Gasteiger partial charge >= 0.3 is 0 Å². The summed E-state index contributed by atoms with van der Waals surface area (Å²) in [6.07, 6.45) is 0. The molecule has 4 nitrogen and oxygen atoms in total. The fraction of sp³-hybridized carbons (Fsp3) is 0. The molecule has 0 fully saturated rings. The van der Waals surface area contributed by atoms with Gasteiger partial charge in [-0.05, 0) is 42.5 Å². The van der Waals surface area contributed by atoms with Crippen LogP contribution in [0, 0.1) is 11.3 Å². The molecule has 7 heteroatoms. The molecule has 0 spiro atoms. The quantitative estimate of drug-likeness (QED) is 0.569. The van der Waals surface area contributed by atoms with E-state index in [1.807, 2.05) is 6.07 Å². The number of halogens is 3. The molecule has 0 aliphatic rings. The number of pyridine rings is 1. The lowest BCUT2D eigenvalue weighted by atomic mass is 9.98. The minimum absolute atomic E-state index is 0.00769. The molecule has 0 aliphatic carbocycles. The molecule has 3 aromatic rings. The van der Waals surface area contributed by atoms with Crippen LogP contribution in [0.15, 0.2) is 51.7 Å². The van der Waals surface area contributed by atoms with Gasteiger partial charge in [-0.1, -0.05) is 39.1 Å². The van der Waals surface area contributed by atoms with Crippen molar-refractivity contribution in [1.29, 1.82) is 5.26 Å². The number of hydrogen-bond acceptors (Lipinski definition) is 3. The summed E-state index contributed by atoms with van der Waals surface area (Å²) in [6, 6.07) is 13.1. The highest BCUT2D eigenvalue weighted by Gasteiger charge is 2.16. The van der Waals surface area contributed by atoms with E-state index >= 15 is 0 Å². The lowest BCUT2D eigenvalue weighted by Gasteiger charge is -2.11. The van der Waals surface area contributed by atoms with Gasteiger partial charge in [-0.25, -0.2) is 0 Å². The third-order valence-corrected chi connectivity index (χ3v) is 4.67. The molecule has 0 saturated carbocycles. The topological polar surface area (TPSA) is 76.9 Å². The third-order valence-electron chi connectivity index (χ3n) is 3.61. The average molecular weight is 436 g/mol. The van der Waals surface area contributed by atoms with Crippen molar-refractivity contribution in [1.82, 2.24) is 4.98 Å². The van der Waals surface area contributed by atoms with Gasteiger partial charge < -0.3 is 10.1 Å². The Morgan fingerprint density at radius 2 is 1.80 bits per heavy atom. The van der Waals surface area contributed by atoms with E-state index in [0.29, 0.717) is 32.4 Å². The molecule has 0 radical (unpaired) electrons. The van der Waals surface area contributed by atoms with Crippen LogP contribution in [0.2, 0.25) is 10.0 Å². The van der Waals surface area contributed by atoms with Crippen molar-refractivity contribution in [3.8, 4) is 34.2 Å². The average Bonchev–Trinajstić information content (AvgIpc) is 2.58. The van der Waals surface area contributed by atoms with Crippen LogP contribution in [0.5, 0.6) is 5.75 Å². The largest absolute Gasteiger partial charge is 0.507 e. The number of aromatic hydroxyl groups is 1. The number of rotatable bonds is 2. The molecule has 0 unspecified atom stereocenters. The molecular formula is C18H9BrCl2N2O2. The summed E-state index contributed by atoms with van der Waals surface area (Å²) in [5, 5.41) is 20.3. The standard InChI is InChI=1S/C18H9BrCl2N2O2/c19-9-1-4-17(24)13(5-9)16-7-11(14(8-22)18(25)23-16)12-6-10(20)2-3-15(12)21/h1-7,24H,(H,23,25). The van der Waals surface area contributed by atoms with Gasteiger partial charge in [-0.15, -0.1) is 0 Å². The monoisotopic (exact) mass is 434 g/mol. The van der Waals surface area contributed by atoms with Gasteiger partial charge in [-0.2, -0.15) is 5.26 Å². The Morgan fingerprint density at radius 3 is 2.52 bits per heavy atom. The van der Waals surface area contributed by atoms with Crippen molar-refractivity contribution in [3.63, 3.8) is 0 Å². The first-order chi connectivity index (χ1) is 11.9. The molecule has 2 N–H and O–H groups in total. The summed E-state index contributed by atoms with van der Waals surface area (Å²) in [5.74, 6) is -0.00769. The van der Waals surface area contributed by atoms with E-state index in [-0.39, 0.29) is 11.3 Å². The number of benzene rings is 2. The summed E-state index contributed by atoms with van der Waals surface area (Å²) in [5.41, 5.74) is 0.915. The number of nitrogens with one attached hydrogen (secondary N) is 1. The Hall–Kier alpha value is -2.26. The summed E-state index contributed by atoms with van der Waals surface area (Å²) < 4.78 is 0.729. The summed E-state index contributed by atoms with van der Waals surface area (Å²) in [7, 11) is 0. The fourth-order valence-electron chi connectivity index (χ4n) is 2.46. The van der Waals surface area contributed by atoms with Crippen LogP contribution in [0.1, 0.15) is 5.56 Å². The van der Waals surface area contributed by atoms with E-state index in [4.69, 9.17) is 23.2 Å². The Morgan fingerprint density at radius 1 is 1.04 bits per heavy atom. The summed E-state index contributed by atoms with van der Waals surface area (Å²) in [6.45, 7) is 0. The van der Waals surface area contributed by atoms with Crippen molar-refractivity contribution >= 4 is 39.1 Å². The maximum Gasteiger partial charge on any atom is 0.266 e. The lowest BCUT2D eigenvalue weighted by Crippen LogP contribution is -2.12. The normalized spacial score (nSPS) is 10.5. The zero-order valence-electron chi connectivity index (χ0n) is 12.5. The predicted molar refractivity (Wildman–Crippen MR) is 102 cm³/mol. The van der Waals surface area contributed by atoms with Crippen LogP contribution in [-0.2, 0) is 0 Å². The van der Waals surface area contributed by atoms with Gasteiger partial charge in [0.25, 0.3) is 5.56 Å². The highest BCUT2D eigenvalue weighted by molar-refractivity contribution is 9.10. The maximum absolute atomic E-state index is 12.4. The number of nitriles is 1. The van der Waals surface area contributed by atoms with Gasteiger partial charge in [0.1, 0.15) is 17.4 Å². The molecule has 25 heavy (non-hydrogen) atoms. The molecule has 1 aromatic heterocycles. The van der Waals surface area contributed by atoms with Crippen molar-refractivity contribution in [2.45, 2.75) is 0 Å². The van der Waals surface area contributed by atoms with Crippen molar-refractivity contribution in [2.75, 3.05) is 0 Å². The molecule has 124 valence electrons. The van der Waals surface area contributed by atoms with E-state index in [0.717, 1.165) is 4.47 Å². The number of H-pyrrole nitrogens is 1. The second-order valence-electron chi connectivity index (χ2n) is 5.20. The third kappa shape index (κ3) is 3.42. The molecule has 0 aliphatic heterocycles. The Kier molecular flexibility index (Phi) is 4.87. The second-order valence-corrected chi connectivity index (χ2v) is 6.96. The second kappa shape index (κ2) is 6.93. The predicted octanol–water partition coefficient (Wildman–Crippen LogP) is 5.36. The zero-order chi connectivity index (χ0) is 18.1. The number of phenolic OH excluding ortho intramolecular Hbond substituents is 1. The molecule has 0 atom stereocenters. The summed E-state index contributed by atoms with van der Waals surface area (Å²) in [4.78, 5) is 15.0. The van der Waals surface area contributed by atoms with Gasteiger partial charge in [-0.3, -0.25) is 4.79 Å². The first-order valence-corrected chi connectivity index (χ1v) is 8.57. The molecule has 0 amide bonds. The lowest BCUT2D eigenvalue weighted by molar-refractivity contribution is 0.477. The molecule has 0 saturated heterocycles.